The van der Waals surface area contributed by atoms with Crippen LogP contribution in [0.25, 0.3) is 0 Å². The molecule has 90 valence electrons. The molecule has 0 atom stereocenters. The molecule has 1 heterocycles. The Labute approximate surface area is 95.1 Å². The zero-order valence-corrected chi connectivity index (χ0v) is 9.86. The van der Waals surface area contributed by atoms with Gasteiger partial charge < -0.3 is 14.9 Å². The Morgan fingerprint density at radius 2 is 2.19 bits per heavy atom. The number of methoxy groups -OCH3 is 1. The summed E-state index contributed by atoms with van der Waals surface area (Å²) >= 11 is 0. The van der Waals surface area contributed by atoms with E-state index >= 15 is 0 Å². The molecule has 0 saturated heterocycles. The Morgan fingerprint density at radius 3 is 2.75 bits per heavy atom. The highest BCUT2D eigenvalue weighted by molar-refractivity contribution is 5.54. The number of hydrogen-bond acceptors (Lipinski definition) is 6. The third kappa shape index (κ3) is 3.23. The fourth-order valence-electron chi connectivity index (χ4n) is 1.14. The van der Waals surface area contributed by atoms with Gasteiger partial charge >= 0.3 is 0 Å². The largest absolute Gasteiger partial charge is 0.489 e. The van der Waals surface area contributed by atoms with E-state index in [1.54, 1.807) is 0 Å². The molecule has 0 bridgehead atoms. The molecule has 0 aliphatic rings. The molecule has 1 aromatic rings. The van der Waals surface area contributed by atoms with Gasteiger partial charge in [-0.05, 0) is 12.3 Å². The number of rotatable bonds is 6. The van der Waals surface area contributed by atoms with Crippen molar-refractivity contribution in [2.75, 3.05) is 19.1 Å². The minimum absolute atomic E-state index is 0.408. The first-order chi connectivity index (χ1) is 7.69. The normalized spacial score (nSPS) is 10.3. The molecule has 1 rings (SSSR count). The Kier molecular flexibility index (Phi) is 4.78. The SMILES string of the molecule is COc1c(NN)ncnc1OCCC(C)C. The first-order valence-electron chi connectivity index (χ1n) is 5.17. The highest BCUT2D eigenvalue weighted by atomic mass is 16.5. The molecule has 0 aliphatic carbocycles. The molecular formula is C10H18N4O2. The zero-order valence-electron chi connectivity index (χ0n) is 9.86. The standard InChI is InChI=1S/C10H18N4O2/c1-7(2)4-5-16-10-8(15-3)9(14-11)12-6-13-10/h6-7H,4-5,11H2,1-3H3,(H,12,13,14). The number of hydrogen-bond donors (Lipinski definition) is 2. The van der Waals surface area contributed by atoms with Crippen LogP contribution in [0.5, 0.6) is 11.6 Å². The van der Waals surface area contributed by atoms with Gasteiger partial charge in [0.15, 0.2) is 5.82 Å². The third-order valence-electron chi connectivity index (χ3n) is 2.05. The Bertz CT molecular complexity index is 331. The monoisotopic (exact) mass is 226 g/mol. The van der Waals surface area contributed by atoms with E-state index in [1.807, 2.05) is 0 Å². The van der Waals surface area contributed by atoms with Crippen LogP contribution in [0.2, 0.25) is 0 Å². The van der Waals surface area contributed by atoms with E-state index in [-0.39, 0.29) is 0 Å². The van der Waals surface area contributed by atoms with Crippen LogP contribution in [0.4, 0.5) is 5.82 Å². The van der Waals surface area contributed by atoms with Crippen molar-refractivity contribution < 1.29 is 9.47 Å². The molecule has 0 fully saturated rings. The van der Waals surface area contributed by atoms with Crippen molar-refractivity contribution >= 4 is 5.82 Å². The van der Waals surface area contributed by atoms with Crippen molar-refractivity contribution in [1.82, 2.24) is 9.97 Å². The van der Waals surface area contributed by atoms with Gasteiger partial charge in [0.05, 0.1) is 13.7 Å². The second kappa shape index (κ2) is 6.12. The van der Waals surface area contributed by atoms with E-state index < -0.39 is 0 Å². The first-order valence-corrected chi connectivity index (χ1v) is 5.17. The van der Waals surface area contributed by atoms with Crippen molar-refractivity contribution in [3.05, 3.63) is 6.33 Å². The van der Waals surface area contributed by atoms with E-state index in [4.69, 9.17) is 15.3 Å². The van der Waals surface area contributed by atoms with Crippen LogP contribution in [0.1, 0.15) is 20.3 Å². The topological polar surface area (TPSA) is 82.3 Å². The van der Waals surface area contributed by atoms with Gasteiger partial charge in [-0.1, -0.05) is 13.8 Å². The van der Waals surface area contributed by atoms with Gasteiger partial charge in [-0.3, -0.25) is 0 Å². The second-order valence-electron chi connectivity index (χ2n) is 3.74. The summed E-state index contributed by atoms with van der Waals surface area (Å²) in [6, 6.07) is 0. The quantitative estimate of drug-likeness (QED) is 0.560. The highest BCUT2D eigenvalue weighted by Crippen LogP contribution is 2.30. The maximum absolute atomic E-state index is 5.51. The number of nitrogen functional groups attached to an aromatic ring is 1. The minimum atomic E-state index is 0.408. The smallest absolute Gasteiger partial charge is 0.262 e. The van der Waals surface area contributed by atoms with Gasteiger partial charge in [0.25, 0.3) is 5.88 Å². The zero-order chi connectivity index (χ0) is 12.0. The highest BCUT2D eigenvalue weighted by Gasteiger charge is 2.12. The van der Waals surface area contributed by atoms with Crippen LogP contribution < -0.4 is 20.7 Å². The lowest BCUT2D eigenvalue weighted by Crippen LogP contribution is -2.12. The molecule has 6 nitrogen and oxygen atoms in total. The summed E-state index contributed by atoms with van der Waals surface area (Å²) in [7, 11) is 1.52. The maximum atomic E-state index is 5.51. The predicted octanol–water partition coefficient (Wildman–Crippen LogP) is 1.20. The molecular weight excluding hydrogens is 208 g/mol. The summed E-state index contributed by atoms with van der Waals surface area (Å²) in [5.74, 6) is 7.13. The molecule has 16 heavy (non-hydrogen) atoms. The molecule has 0 amide bonds. The van der Waals surface area contributed by atoms with Crippen LogP contribution in [0, 0.1) is 5.92 Å². The average molecular weight is 226 g/mol. The van der Waals surface area contributed by atoms with Gasteiger partial charge in [0.2, 0.25) is 5.75 Å². The van der Waals surface area contributed by atoms with Crippen molar-refractivity contribution in [3.8, 4) is 11.6 Å². The Hall–Kier alpha value is -1.56. The Morgan fingerprint density at radius 1 is 1.44 bits per heavy atom. The minimum Gasteiger partial charge on any atom is -0.489 e. The first kappa shape index (κ1) is 12.5. The summed E-state index contributed by atoms with van der Waals surface area (Å²) in [5, 5.41) is 0. The number of hydrazine groups is 1. The summed E-state index contributed by atoms with van der Waals surface area (Å²) < 4.78 is 10.6. The second-order valence-corrected chi connectivity index (χ2v) is 3.74. The van der Waals surface area contributed by atoms with Crippen LogP contribution in [0.3, 0.4) is 0 Å². The average Bonchev–Trinajstić information content (AvgIpc) is 2.28. The van der Waals surface area contributed by atoms with Gasteiger partial charge in [0.1, 0.15) is 6.33 Å². The molecule has 6 heteroatoms. The number of nitrogens with one attached hydrogen (secondary N) is 1. The molecule has 0 unspecified atom stereocenters. The van der Waals surface area contributed by atoms with E-state index in [2.05, 4.69) is 29.2 Å². The lowest BCUT2D eigenvalue weighted by Gasteiger charge is -2.12. The number of aromatic nitrogens is 2. The van der Waals surface area contributed by atoms with Crippen molar-refractivity contribution in [2.45, 2.75) is 20.3 Å². The van der Waals surface area contributed by atoms with Crippen molar-refractivity contribution in [1.29, 1.82) is 0 Å². The fraction of sp³-hybridized carbons (Fsp3) is 0.600. The lowest BCUT2D eigenvalue weighted by molar-refractivity contribution is 0.262. The van der Waals surface area contributed by atoms with E-state index in [0.717, 1.165) is 6.42 Å². The van der Waals surface area contributed by atoms with Gasteiger partial charge in [-0.2, -0.15) is 4.98 Å². The third-order valence-corrected chi connectivity index (χ3v) is 2.05. The van der Waals surface area contributed by atoms with Gasteiger partial charge in [-0.25, -0.2) is 10.8 Å². The van der Waals surface area contributed by atoms with E-state index in [9.17, 15) is 0 Å². The molecule has 1 aromatic heterocycles. The number of anilines is 1. The fourth-order valence-corrected chi connectivity index (χ4v) is 1.14. The van der Waals surface area contributed by atoms with Crippen LogP contribution >= 0.6 is 0 Å². The predicted molar refractivity (Wildman–Crippen MR) is 61.3 cm³/mol. The van der Waals surface area contributed by atoms with Crippen molar-refractivity contribution in [2.24, 2.45) is 11.8 Å². The molecule has 0 aliphatic heterocycles. The molecule has 0 spiro atoms. The van der Waals surface area contributed by atoms with Crippen LogP contribution in [0.15, 0.2) is 6.33 Å². The maximum Gasteiger partial charge on any atom is 0.262 e. The van der Waals surface area contributed by atoms with E-state index in [0.29, 0.717) is 30.0 Å². The number of ether oxygens (including phenoxy) is 2. The summed E-state index contributed by atoms with van der Waals surface area (Å²) in [4.78, 5) is 7.92. The van der Waals surface area contributed by atoms with Gasteiger partial charge in [0, 0.05) is 0 Å². The molecule has 0 aromatic carbocycles. The summed E-state index contributed by atoms with van der Waals surface area (Å²) in [5.41, 5.74) is 2.43. The van der Waals surface area contributed by atoms with Gasteiger partial charge in [-0.15, -0.1) is 0 Å². The number of nitrogens with zero attached hydrogens (tertiary/aromatic N) is 2. The lowest BCUT2D eigenvalue weighted by atomic mass is 10.1. The number of nitrogens with two attached hydrogens (primary N) is 1. The molecule has 3 N–H and O–H groups in total. The van der Waals surface area contributed by atoms with Crippen LogP contribution in [-0.2, 0) is 0 Å². The molecule has 0 radical (unpaired) electrons. The van der Waals surface area contributed by atoms with Crippen LogP contribution in [-0.4, -0.2) is 23.7 Å². The van der Waals surface area contributed by atoms with E-state index in [1.165, 1.54) is 13.4 Å². The summed E-state index contributed by atoms with van der Waals surface area (Å²) in [6.45, 7) is 4.86. The van der Waals surface area contributed by atoms with Crippen molar-refractivity contribution in [3.63, 3.8) is 0 Å². The molecule has 0 saturated carbocycles. The Balaban J connectivity index is 2.71. The summed E-state index contributed by atoms with van der Waals surface area (Å²) in [6.07, 6.45) is 2.33.